The fourth-order valence-electron chi connectivity index (χ4n) is 2.73. The highest BCUT2D eigenvalue weighted by Gasteiger charge is 2.22. The van der Waals surface area contributed by atoms with Gasteiger partial charge in [0.15, 0.2) is 0 Å². The zero-order chi connectivity index (χ0) is 21.6. The number of nitrogens with one attached hydrogen (secondary N) is 2. The Hall–Kier alpha value is -2.28. The second-order valence-corrected chi connectivity index (χ2v) is 7.61. The molecule has 0 aliphatic carbocycles. The number of methoxy groups -OCH3 is 1. The number of hydrogen-bond donors (Lipinski definition) is 2. The summed E-state index contributed by atoms with van der Waals surface area (Å²) in [7, 11) is 3.28. The molecule has 0 bridgehead atoms. The van der Waals surface area contributed by atoms with E-state index < -0.39 is 6.04 Å². The van der Waals surface area contributed by atoms with Gasteiger partial charge in [-0.3, -0.25) is 14.5 Å². The standard InChI is InChI=1S/C21H25Cl2N3O3/c1-13(18-9-8-15(22)10-19(18)23)24-21(28)14(2)26(3)12-20(27)25-16-6-5-7-17(11-16)29-4/h5-11,13-14H,12H2,1-4H3,(H,24,28)(H,25,27)/t13-,14+/m0/s1. The summed E-state index contributed by atoms with van der Waals surface area (Å²) in [6, 6.07) is 11.4. The minimum atomic E-state index is -0.514. The first-order valence-corrected chi connectivity index (χ1v) is 9.86. The van der Waals surface area contributed by atoms with E-state index in [9.17, 15) is 9.59 Å². The van der Waals surface area contributed by atoms with E-state index in [0.29, 0.717) is 21.5 Å². The van der Waals surface area contributed by atoms with Gasteiger partial charge in [-0.05, 0) is 50.7 Å². The van der Waals surface area contributed by atoms with E-state index in [0.717, 1.165) is 5.56 Å². The Bertz CT molecular complexity index is 876. The molecule has 0 aliphatic rings. The van der Waals surface area contributed by atoms with Crippen molar-refractivity contribution in [1.82, 2.24) is 10.2 Å². The number of halogens is 2. The predicted octanol–water partition coefficient (Wildman–Crippen LogP) is 4.14. The van der Waals surface area contributed by atoms with Crippen LogP contribution in [0.5, 0.6) is 5.75 Å². The fraction of sp³-hybridized carbons (Fsp3) is 0.333. The van der Waals surface area contributed by atoms with Crippen LogP contribution in [0.3, 0.4) is 0 Å². The summed E-state index contributed by atoms with van der Waals surface area (Å²) in [6.45, 7) is 3.64. The molecule has 0 aliphatic heterocycles. The summed E-state index contributed by atoms with van der Waals surface area (Å²) in [6.07, 6.45) is 0. The van der Waals surface area contributed by atoms with E-state index in [4.69, 9.17) is 27.9 Å². The lowest BCUT2D eigenvalue weighted by Crippen LogP contribution is -2.46. The molecule has 0 fully saturated rings. The largest absolute Gasteiger partial charge is 0.497 e. The number of benzene rings is 2. The molecule has 0 saturated heterocycles. The number of amides is 2. The lowest BCUT2D eigenvalue weighted by Gasteiger charge is -2.25. The molecule has 2 amide bonds. The van der Waals surface area contributed by atoms with Gasteiger partial charge in [-0.2, -0.15) is 0 Å². The second kappa shape index (κ2) is 10.5. The van der Waals surface area contributed by atoms with Gasteiger partial charge < -0.3 is 15.4 Å². The van der Waals surface area contributed by atoms with Gasteiger partial charge in [-0.15, -0.1) is 0 Å². The summed E-state index contributed by atoms with van der Waals surface area (Å²) in [5.41, 5.74) is 1.40. The van der Waals surface area contributed by atoms with Gasteiger partial charge in [-0.1, -0.05) is 35.3 Å². The third-order valence-corrected chi connectivity index (χ3v) is 5.14. The molecule has 2 atom stereocenters. The van der Waals surface area contributed by atoms with Gasteiger partial charge in [-0.25, -0.2) is 0 Å². The Balaban J connectivity index is 1.91. The van der Waals surface area contributed by atoms with E-state index >= 15 is 0 Å². The smallest absolute Gasteiger partial charge is 0.238 e. The van der Waals surface area contributed by atoms with Crippen molar-refractivity contribution in [1.29, 1.82) is 0 Å². The predicted molar refractivity (Wildman–Crippen MR) is 117 cm³/mol. The van der Waals surface area contributed by atoms with Crippen LogP contribution in [0.4, 0.5) is 5.69 Å². The number of rotatable bonds is 8. The zero-order valence-corrected chi connectivity index (χ0v) is 18.3. The molecule has 2 rings (SSSR count). The van der Waals surface area contributed by atoms with E-state index in [1.165, 1.54) is 0 Å². The number of ether oxygens (including phenoxy) is 1. The molecule has 0 unspecified atom stereocenters. The lowest BCUT2D eigenvalue weighted by atomic mass is 10.1. The van der Waals surface area contributed by atoms with Crippen molar-refractivity contribution >= 4 is 40.7 Å². The van der Waals surface area contributed by atoms with Crippen LogP contribution in [0.2, 0.25) is 10.0 Å². The fourth-order valence-corrected chi connectivity index (χ4v) is 3.30. The number of carbonyl (C=O) groups is 2. The summed E-state index contributed by atoms with van der Waals surface area (Å²) in [4.78, 5) is 26.6. The van der Waals surface area contributed by atoms with Gasteiger partial charge in [0.1, 0.15) is 5.75 Å². The number of hydrogen-bond acceptors (Lipinski definition) is 4. The quantitative estimate of drug-likeness (QED) is 0.650. The molecule has 0 heterocycles. The topological polar surface area (TPSA) is 70.7 Å². The number of nitrogens with zero attached hydrogens (tertiary/aromatic N) is 1. The maximum Gasteiger partial charge on any atom is 0.238 e. The highest BCUT2D eigenvalue weighted by Crippen LogP contribution is 2.26. The van der Waals surface area contributed by atoms with E-state index in [1.54, 1.807) is 68.4 Å². The molecular formula is C21H25Cl2N3O3. The zero-order valence-electron chi connectivity index (χ0n) is 16.8. The summed E-state index contributed by atoms with van der Waals surface area (Å²) >= 11 is 12.1. The van der Waals surface area contributed by atoms with Crippen LogP contribution < -0.4 is 15.4 Å². The van der Waals surface area contributed by atoms with Crippen molar-refractivity contribution in [3.63, 3.8) is 0 Å². The summed E-state index contributed by atoms with van der Waals surface area (Å²) < 4.78 is 5.14. The van der Waals surface area contributed by atoms with Crippen LogP contribution in [-0.2, 0) is 9.59 Å². The van der Waals surface area contributed by atoms with Crippen molar-refractivity contribution in [2.45, 2.75) is 25.9 Å². The average molecular weight is 438 g/mol. The number of likely N-dealkylation sites (N-methyl/N-ethyl adjacent to an activating group) is 1. The molecule has 8 heteroatoms. The molecule has 6 nitrogen and oxygen atoms in total. The van der Waals surface area contributed by atoms with Gasteiger partial charge in [0.05, 0.1) is 25.7 Å². The Morgan fingerprint density at radius 3 is 2.52 bits per heavy atom. The van der Waals surface area contributed by atoms with Gasteiger partial charge in [0, 0.05) is 21.8 Å². The highest BCUT2D eigenvalue weighted by atomic mass is 35.5. The maximum atomic E-state index is 12.6. The molecule has 2 aromatic carbocycles. The van der Waals surface area contributed by atoms with Gasteiger partial charge in [0.25, 0.3) is 0 Å². The van der Waals surface area contributed by atoms with Crippen molar-refractivity contribution in [2.75, 3.05) is 26.0 Å². The first-order valence-electron chi connectivity index (χ1n) is 9.10. The molecule has 156 valence electrons. The molecule has 0 spiro atoms. The van der Waals surface area contributed by atoms with Gasteiger partial charge >= 0.3 is 0 Å². The number of carbonyl (C=O) groups excluding carboxylic acids is 2. The van der Waals surface area contributed by atoms with Gasteiger partial charge in [0.2, 0.25) is 11.8 Å². The molecule has 0 aromatic heterocycles. The number of anilines is 1. The van der Waals surface area contributed by atoms with Crippen LogP contribution in [0.1, 0.15) is 25.5 Å². The van der Waals surface area contributed by atoms with Crippen LogP contribution >= 0.6 is 23.2 Å². The minimum absolute atomic E-state index is 0.0574. The maximum absolute atomic E-state index is 12.6. The average Bonchev–Trinajstić information content (AvgIpc) is 2.67. The first kappa shape index (κ1) is 23.0. The summed E-state index contributed by atoms with van der Waals surface area (Å²) in [5, 5.41) is 6.74. The third kappa shape index (κ3) is 6.63. The Morgan fingerprint density at radius 2 is 1.86 bits per heavy atom. The highest BCUT2D eigenvalue weighted by molar-refractivity contribution is 6.35. The summed E-state index contributed by atoms with van der Waals surface area (Å²) in [5.74, 6) is 0.216. The van der Waals surface area contributed by atoms with Crippen molar-refractivity contribution in [3.8, 4) is 5.75 Å². The van der Waals surface area contributed by atoms with Crippen molar-refractivity contribution < 1.29 is 14.3 Å². The molecule has 2 aromatic rings. The Kier molecular flexibility index (Phi) is 8.32. The van der Waals surface area contributed by atoms with Crippen LogP contribution in [0.25, 0.3) is 0 Å². The molecule has 0 saturated carbocycles. The van der Waals surface area contributed by atoms with E-state index in [-0.39, 0.29) is 24.4 Å². The van der Waals surface area contributed by atoms with E-state index in [2.05, 4.69) is 10.6 Å². The lowest BCUT2D eigenvalue weighted by molar-refractivity contribution is -0.127. The van der Waals surface area contributed by atoms with E-state index in [1.807, 2.05) is 6.92 Å². The normalized spacial score (nSPS) is 12.9. The molecular weight excluding hydrogens is 413 g/mol. The molecule has 2 N–H and O–H groups in total. The minimum Gasteiger partial charge on any atom is -0.497 e. The van der Waals surface area contributed by atoms with Crippen LogP contribution in [0, 0.1) is 0 Å². The first-order chi connectivity index (χ1) is 13.7. The third-order valence-electron chi connectivity index (χ3n) is 4.57. The second-order valence-electron chi connectivity index (χ2n) is 6.77. The monoisotopic (exact) mass is 437 g/mol. The molecule has 0 radical (unpaired) electrons. The van der Waals surface area contributed by atoms with Crippen molar-refractivity contribution in [3.05, 3.63) is 58.1 Å². The molecule has 29 heavy (non-hydrogen) atoms. The van der Waals surface area contributed by atoms with Crippen molar-refractivity contribution in [2.24, 2.45) is 0 Å². The Morgan fingerprint density at radius 1 is 1.14 bits per heavy atom. The van der Waals surface area contributed by atoms with Crippen LogP contribution in [-0.4, -0.2) is 43.5 Å². The van der Waals surface area contributed by atoms with Crippen LogP contribution in [0.15, 0.2) is 42.5 Å². The Labute approximate surface area is 181 Å². The SMILES string of the molecule is COc1cccc(NC(=O)CN(C)[C@H](C)C(=O)N[C@@H](C)c2ccc(Cl)cc2Cl)c1.